The molecule has 0 radical (unpaired) electrons. The summed E-state index contributed by atoms with van der Waals surface area (Å²) in [6.45, 7) is 3.69. The van der Waals surface area contributed by atoms with Crippen molar-refractivity contribution in [1.82, 2.24) is 4.90 Å². The van der Waals surface area contributed by atoms with E-state index in [1.807, 2.05) is 16.7 Å². The first-order valence-electron chi connectivity index (χ1n) is 5.47. The number of amides is 1. The Bertz CT molecular complexity index is 439. The van der Waals surface area contributed by atoms with Gasteiger partial charge < -0.3 is 10.0 Å². The maximum Gasteiger partial charge on any atom is 0.254 e. The van der Waals surface area contributed by atoms with E-state index in [-0.39, 0.29) is 11.7 Å². The highest BCUT2D eigenvalue weighted by molar-refractivity contribution is 9.10. The zero-order valence-electron chi connectivity index (χ0n) is 9.52. The van der Waals surface area contributed by atoms with Crippen molar-refractivity contribution in [2.75, 3.05) is 18.8 Å². The third-order valence-corrected chi connectivity index (χ3v) is 4.53. The van der Waals surface area contributed by atoms with E-state index in [9.17, 15) is 9.90 Å². The largest absolute Gasteiger partial charge is 0.507 e. The number of hydrogen-bond acceptors (Lipinski definition) is 3. The van der Waals surface area contributed by atoms with Crippen LogP contribution in [-0.4, -0.2) is 40.0 Å². The molecule has 17 heavy (non-hydrogen) atoms. The summed E-state index contributed by atoms with van der Waals surface area (Å²) >= 11 is 5.10. The van der Waals surface area contributed by atoms with Crippen LogP contribution >= 0.6 is 27.7 Å². The minimum Gasteiger partial charge on any atom is -0.507 e. The summed E-state index contributed by atoms with van der Waals surface area (Å²) in [7, 11) is 0. The third-order valence-electron chi connectivity index (χ3n) is 2.72. The molecular weight excluding hydrogens is 302 g/mol. The number of aromatic hydroxyl groups is 1. The molecule has 0 aromatic heterocycles. The van der Waals surface area contributed by atoms with E-state index in [1.54, 1.807) is 12.1 Å². The van der Waals surface area contributed by atoms with Crippen LogP contribution in [-0.2, 0) is 0 Å². The lowest BCUT2D eigenvalue weighted by atomic mass is 10.2. The van der Waals surface area contributed by atoms with Crippen molar-refractivity contribution in [3.8, 4) is 5.75 Å². The summed E-state index contributed by atoms with van der Waals surface area (Å²) in [5.74, 6) is 1.09. The Balaban J connectivity index is 2.15. The van der Waals surface area contributed by atoms with Gasteiger partial charge in [-0.05, 0) is 34.1 Å². The molecule has 1 aliphatic rings. The number of hydrogen-bond donors (Lipinski definition) is 1. The molecule has 0 saturated carbocycles. The normalized spacial score (nSPS) is 20.4. The highest BCUT2D eigenvalue weighted by Gasteiger charge is 2.22. The zero-order valence-corrected chi connectivity index (χ0v) is 11.9. The second kappa shape index (κ2) is 5.31. The van der Waals surface area contributed by atoms with E-state index in [4.69, 9.17) is 0 Å². The van der Waals surface area contributed by atoms with Crippen molar-refractivity contribution in [3.63, 3.8) is 0 Å². The molecule has 0 aliphatic carbocycles. The number of carbonyl (C=O) groups excluding carboxylic acids is 1. The fourth-order valence-corrected chi connectivity index (χ4v) is 3.09. The van der Waals surface area contributed by atoms with Crippen molar-refractivity contribution >= 4 is 33.6 Å². The van der Waals surface area contributed by atoms with Crippen molar-refractivity contribution in [2.45, 2.75) is 12.2 Å². The van der Waals surface area contributed by atoms with Gasteiger partial charge in [0.05, 0.1) is 4.47 Å². The van der Waals surface area contributed by atoms with E-state index in [0.29, 0.717) is 15.3 Å². The van der Waals surface area contributed by atoms with Gasteiger partial charge in [-0.3, -0.25) is 4.79 Å². The van der Waals surface area contributed by atoms with Gasteiger partial charge in [0.15, 0.2) is 0 Å². The van der Waals surface area contributed by atoms with Crippen molar-refractivity contribution in [1.29, 1.82) is 0 Å². The maximum absolute atomic E-state index is 12.2. The quantitative estimate of drug-likeness (QED) is 0.866. The molecule has 1 atom stereocenters. The van der Waals surface area contributed by atoms with Crippen molar-refractivity contribution in [2.24, 2.45) is 0 Å². The first-order valence-corrected chi connectivity index (χ1v) is 7.31. The zero-order chi connectivity index (χ0) is 12.4. The molecule has 92 valence electrons. The number of phenolic OH excluding ortho intramolecular Hbond substituents is 1. The Morgan fingerprint density at radius 2 is 2.35 bits per heavy atom. The van der Waals surface area contributed by atoms with E-state index in [0.717, 1.165) is 18.8 Å². The van der Waals surface area contributed by atoms with Crippen LogP contribution in [0, 0.1) is 0 Å². The van der Waals surface area contributed by atoms with Gasteiger partial charge in [-0.15, -0.1) is 0 Å². The lowest BCUT2D eigenvalue weighted by Crippen LogP contribution is -2.40. The topological polar surface area (TPSA) is 40.5 Å². The molecule has 1 fully saturated rings. The van der Waals surface area contributed by atoms with E-state index >= 15 is 0 Å². The molecule has 1 aliphatic heterocycles. The molecule has 2 rings (SSSR count). The van der Waals surface area contributed by atoms with Gasteiger partial charge >= 0.3 is 0 Å². The number of nitrogens with zero attached hydrogens (tertiary/aromatic N) is 1. The molecule has 3 nitrogen and oxygen atoms in total. The van der Waals surface area contributed by atoms with Crippen LogP contribution < -0.4 is 0 Å². The number of halogens is 1. The van der Waals surface area contributed by atoms with E-state index in [1.165, 1.54) is 6.07 Å². The van der Waals surface area contributed by atoms with Crippen LogP contribution in [0.1, 0.15) is 17.3 Å². The molecule has 1 N–H and O–H groups in total. The summed E-state index contributed by atoms with van der Waals surface area (Å²) < 4.78 is 0.608. The molecule has 1 aromatic carbocycles. The average molecular weight is 316 g/mol. The molecule has 1 heterocycles. The minimum atomic E-state index is -0.0000463. The first kappa shape index (κ1) is 12.8. The summed E-state index contributed by atoms with van der Waals surface area (Å²) in [5, 5.41) is 10.1. The number of rotatable bonds is 1. The fraction of sp³-hybridized carbons (Fsp3) is 0.417. The Kier molecular flexibility index (Phi) is 3.99. The Labute approximate surface area is 113 Å². The SMILES string of the molecule is CC1CN(C(=O)c2ccc(Br)c(O)c2)CCS1. The second-order valence-electron chi connectivity index (χ2n) is 4.10. The maximum atomic E-state index is 12.2. The van der Waals surface area contributed by atoms with Crippen LogP contribution in [0.5, 0.6) is 5.75 Å². The number of carbonyl (C=O) groups is 1. The Morgan fingerprint density at radius 3 is 3.00 bits per heavy atom. The van der Waals surface area contributed by atoms with Crippen molar-refractivity contribution in [3.05, 3.63) is 28.2 Å². The lowest BCUT2D eigenvalue weighted by Gasteiger charge is -2.30. The molecule has 5 heteroatoms. The fourth-order valence-electron chi connectivity index (χ4n) is 1.83. The predicted octanol–water partition coefficient (Wildman–Crippen LogP) is 2.73. The molecule has 0 spiro atoms. The first-order chi connectivity index (χ1) is 8.08. The molecular formula is C12H14BrNO2S. The monoisotopic (exact) mass is 315 g/mol. The van der Waals surface area contributed by atoms with Crippen LogP contribution in [0.15, 0.2) is 22.7 Å². The number of thioether (sulfide) groups is 1. The van der Waals surface area contributed by atoms with E-state index in [2.05, 4.69) is 22.9 Å². The highest BCUT2D eigenvalue weighted by atomic mass is 79.9. The third kappa shape index (κ3) is 2.96. The van der Waals surface area contributed by atoms with Gasteiger partial charge in [0.25, 0.3) is 5.91 Å². The van der Waals surface area contributed by atoms with Gasteiger partial charge in [-0.25, -0.2) is 0 Å². The number of benzene rings is 1. The van der Waals surface area contributed by atoms with Crippen LogP contribution in [0.25, 0.3) is 0 Å². The summed E-state index contributed by atoms with van der Waals surface area (Å²) in [6.07, 6.45) is 0. The summed E-state index contributed by atoms with van der Waals surface area (Å²) in [5.41, 5.74) is 0.546. The highest BCUT2D eigenvalue weighted by Crippen LogP contribution is 2.26. The van der Waals surface area contributed by atoms with Gasteiger partial charge in [0.2, 0.25) is 0 Å². The standard InChI is InChI=1S/C12H14BrNO2S/c1-8-7-14(4-5-17-8)12(16)9-2-3-10(13)11(15)6-9/h2-3,6,8,15H,4-5,7H2,1H3. The summed E-state index contributed by atoms with van der Waals surface area (Å²) in [4.78, 5) is 14.1. The van der Waals surface area contributed by atoms with Gasteiger partial charge in [-0.1, -0.05) is 6.92 Å². The second-order valence-corrected chi connectivity index (χ2v) is 6.50. The van der Waals surface area contributed by atoms with Crippen LogP contribution in [0.2, 0.25) is 0 Å². The average Bonchev–Trinajstić information content (AvgIpc) is 2.32. The van der Waals surface area contributed by atoms with Crippen molar-refractivity contribution < 1.29 is 9.90 Å². The smallest absolute Gasteiger partial charge is 0.254 e. The molecule has 1 aromatic rings. The Morgan fingerprint density at radius 1 is 1.59 bits per heavy atom. The predicted molar refractivity (Wildman–Crippen MR) is 73.6 cm³/mol. The molecule has 1 unspecified atom stereocenters. The summed E-state index contributed by atoms with van der Waals surface area (Å²) in [6, 6.07) is 4.95. The Hall–Kier alpha value is -0.680. The minimum absolute atomic E-state index is 0.0000463. The van der Waals surface area contributed by atoms with Crippen LogP contribution in [0.4, 0.5) is 0 Å². The van der Waals surface area contributed by atoms with Gasteiger partial charge in [0, 0.05) is 29.7 Å². The molecule has 1 amide bonds. The van der Waals surface area contributed by atoms with Crippen LogP contribution in [0.3, 0.4) is 0 Å². The van der Waals surface area contributed by atoms with E-state index < -0.39 is 0 Å². The molecule has 1 saturated heterocycles. The van der Waals surface area contributed by atoms with Gasteiger partial charge in [-0.2, -0.15) is 11.8 Å². The lowest BCUT2D eigenvalue weighted by molar-refractivity contribution is 0.0762. The number of phenols is 1. The molecule has 0 bridgehead atoms. The van der Waals surface area contributed by atoms with Gasteiger partial charge in [0.1, 0.15) is 5.75 Å².